The van der Waals surface area contributed by atoms with E-state index < -0.39 is 0 Å². The van der Waals surface area contributed by atoms with Crippen LogP contribution in [0.25, 0.3) is 0 Å². The van der Waals surface area contributed by atoms with Gasteiger partial charge in [0.2, 0.25) is 0 Å². The molecule has 0 aliphatic heterocycles. The van der Waals surface area contributed by atoms with Crippen LogP contribution in [0, 0.1) is 0 Å². The van der Waals surface area contributed by atoms with Crippen molar-refractivity contribution in [2.45, 2.75) is 6.92 Å². The molecule has 2 aromatic carbocycles. The summed E-state index contributed by atoms with van der Waals surface area (Å²) >= 11 is 0. The molecular weight excluding hydrogens is 370 g/mol. The van der Waals surface area contributed by atoms with Gasteiger partial charge in [-0.05, 0) is 61.5 Å². The molecule has 7 heteroatoms. The predicted octanol–water partition coefficient (Wildman–Crippen LogP) is 3.75. The van der Waals surface area contributed by atoms with E-state index >= 15 is 0 Å². The van der Waals surface area contributed by atoms with Gasteiger partial charge >= 0.3 is 0 Å². The van der Waals surface area contributed by atoms with Gasteiger partial charge in [-0.15, -0.1) is 0 Å². The van der Waals surface area contributed by atoms with Gasteiger partial charge in [-0.3, -0.25) is 14.6 Å². The standard InChI is InChI=1S/C22H21N3O4/c1-2-28-19-8-10-20(11-9-19)29-15-21(26)24-17-6-3-7-18(13-17)25-22(27)16-5-4-12-23-14-16/h3-14H,2,15H2,1H3,(H,24,26)(H,25,27). The summed E-state index contributed by atoms with van der Waals surface area (Å²) in [5.41, 5.74) is 1.56. The lowest BCUT2D eigenvalue weighted by Crippen LogP contribution is -2.20. The first-order chi connectivity index (χ1) is 14.1. The fourth-order valence-corrected chi connectivity index (χ4v) is 2.52. The zero-order chi connectivity index (χ0) is 20.5. The number of aromatic nitrogens is 1. The summed E-state index contributed by atoms with van der Waals surface area (Å²) in [5.74, 6) is 0.727. The van der Waals surface area contributed by atoms with Crippen molar-refractivity contribution >= 4 is 23.2 Å². The Labute approximate surface area is 168 Å². The third-order valence-electron chi connectivity index (χ3n) is 3.83. The van der Waals surface area contributed by atoms with Crippen molar-refractivity contribution in [2.75, 3.05) is 23.8 Å². The molecular formula is C22H21N3O4. The highest BCUT2D eigenvalue weighted by atomic mass is 16.5. The summed E-state index contributed by atoms with van der Waals surface area (Å²) < 4.78 is 10.8. The highest BCUT2D eigenvalue weighted by Gasteiger charge is 2.08. The van der Waals surface area contributed by atoms with Crippen LogP contribution in [0.15, 0.2) is 73.1 Å². The van der Waals surface area contributed by atoms with E-state index in [9.17, 15) is 9.59 Å². The monoisotopic (exact) mass is 391 g/mol. The van der Waals surface area contributed by atoms with E-state index in [-0.39, 0.29) is 18.4 Å². The Morgan fingerprint density at radius 3 is 2.24 bits per heavy atom. The van der Waals surface area contributed by atoms with E-state index in [1.165, 1.54) is 6.20 Å². The van der Waals surface area contributed by atoms with Crippen LogP contribution in [-0.4, -0.2) is 30.0 Å². The van der Waals surface area contributed by atoms with Crippen LogP contribution < -0.4 is 20.1 Å². The molecule has 29 heavy (non-hydrogen) atoms. The zero-order valence-corrected chi connectivity index (χ0v) is 15.9. The Bertz CT molecular complexity index is 959. The molecule has 0 atom stereocenters. The lowest BCUT2D eigenvalue weighted by molar-refractivity contribution is -0.118. The molecule has 1 heterocycles. The summed E-state index contributed by atoms with van der Waals surface area (Å²) in [5, 5.41) is 5.52. The summed E-state index contributed by atoms with van der Waals surface area (Å²) in [6, 6.07) is 17.3. The molecule has 0 unspecified atom stereocenters. The van der Waals surface area contributed by atoms with Gasteiger partial charge in [-0.2, -0.15) is 0 Å². The largest absolute Gasteiger partial charge is 0.494 e. The quantitative estimate of drug-likeness (QED) is 0.610. The van der Waals surface area contributed by atoms with E-state index in [0.717, 1.165) is 5.75 Å². The molecule has 0 fully saturated rings. The number of hydrogen-bond acceptors (Lipinski definition) is 5. The molecule has 0 saturated carbocycles. The number of amides is 2. The number of anilines is 2. The minimum absolute atomic E-state index is 0.139. The van der Waals surface area contributed by atoms with Gasteiger partial charge in [0.05, 0.1) is 12.2 Å². The minimum Gasteiger partial charge on any atom is -0.494 e. The summed E-state index contributed by atoms with van der Waals surface area (Å²) in [7, 11) is 0. The van der Waals surface area contributed by atoms with Gasteiger partial charge in [0.25, 0.3) is 11.8 Å². The van der Waals surface area contributed by atoms with Crippen LogP contribution in [0.4, 0.5) is 11.4 Å². The van der Waals surface area contributed by atoms with Crippen molar-refractivity contribution in [3.63, 3.8) is 0 Å². The third-order valence-corrected chi connectivity index (χ3v) is 3.83. The zero-order valence-electron chi connectivity index (χ0n) is 15.9. The van der Waals surface area contributed by atoms with Crippen LogP contribution in [0.1, 0.15) is 17.3 Å². The first kappa shape index (κ1) is 19.9. The molecule has 148 valence electrons. The van der Waals surface area contributed by atoms with Gasteiger partial charge in [-0.1, -0.05) is 6.07 Å². The number of nitrogens with one attached hydrogen (secondary N) is 2. The number of carbonyl (C=O) groups is 2. The van der Waals surface area contributed by atoms with E-state index in [4.69, 9.17) is 9.47 Å². The average Bonchev–Trinajstić information content (AvgIpc) is 2.74. The molecule has 0 aliphatic carbocycles. The predicted molar refractivity (Wildman–Crippen MR) is 110 cm³/mol. The Morgan fingerprint density at radius 2 is 1.59 bits per heavy atom. The normalized spacial score (nSPS) is 10.1. The van der Waals surface area contributed by atoms with Crippen LogP contribution >= 0.6 is 0 Å². The molecule has 0 saturated heterocycles. The fraction of sp³-hybridized carbons (Fsp3) is 0.136. The number of nitrogens with zero attached hydrogens (tertiary/aromatic N) is 1. The third kappa shape index (κ3) is 6.07. The molecule has 0 aliphatic rings. The molecule has 0 radical (unpaired) electrons. The second kappa shape index (κ2) is 9.89. The highest BCUT2D eigenvalue weighted by Crippen LogP contribution is 2.18. The van der Waals surface area contributed by atoms with Gasteiger partial charge in [0.15, 0.2) is 6.61 Å². The molecule has 7 nitrogen and oxygen atoms in total. The van der Waals surface area contributed by atoms with E-state index in [1.807, 2.05) is 6.92 Å². The van der Waals surface area contributed by atoms with Gasteiger partial charge in [0, 0.05) is 23.8 Å². The lowest BCUT2D eigenvalue weighted by atomic mass is 10.2. The SMILES string of the molecule is CCOc1ccc(OCC(=O)Nc2cccc(NC(=O)c3cccnc3)c2)cc1. The van der Waals surface area contributed by atoms with Crippen molar-refractivity contribution in [3.05, 3.63) is 78.6 Å². The topological polar surface area (TPSA) is 89.5 Å². The Balaban J connectivity index is 1.52. The molecule has 2 amide bonds. The van der Waals surface area contributed by atoms with Crippen LogP contribution in [-0.2, 0) is 4.79 Å². The maximum absolute atomic E-state index is 12.2. The van der Waals surface area contributed by atoms with Gasteiger partial charge in [0.1, 0.15) is 11.5 Å². The summed E-state index contributed by atoms with van der Waals surface area (Å²) in [4.78, 5) is 28.3. The number of benzene rings is 2. The fourth-order valence-electron chi connectivity index (χ4n) is 2.52. The highest BCUT2D eigenvalue weighted by molar-refractivity contribution is 6.04. The second-order valence-electron chi connectivity index (χ2n) is 6.02. The molecule has 0 bridgehead atoms. The number of ether oxygens (including phenoxy) is 2. The smallest absolute Gasteiger partial charge is 0.262 e. The first-order valence-corrected chi connectivity index (χ1v) is 9.11. The first-order valence-electron chi connectivity index (χ1n) is 9.11. The Morgan fingerprint density at radius 1 is 0.897 bits per heavy atom. The van der Waals surface area contributed by atoms with E-state index in [0.29, 0.717) is 29.3 Å². The number of hydrogen-bond donors (Lipinski definition) is 2. The number of rotatable bonds is 8. The molecule has 3 aromatic rings. The Kier molecular flexibility index (Phi) is 6.78. The molecule has 0 spiro atoms. The molecule has 1 aromatic heterocycles. The minimum atomic E-state index is -0.311. The van der Waals surface area contributed by atoms with Crippen LogP contribution in [0.2, 0.25) is 0 Å². The van der Waals surface area contributed by atoms with Crippen molar-refractivity contribution in [3.8, 4) is 11.5 Å². The summed E-state index contributed by atoms with van der Waals surface area (Å²) in [6.07, 6.45) is 3.08. The molecule has 2 N–H and O–H groups in total. The van der Waals surface area contributed by atoms with E-state index in [2.05, 4.69) is 15.6 Å². The Hall–Kier alpha value is -3.87. The molecule has 3 rings (SSSR count). The van der Waals surface area contributed by atoms with Gasteiger partial charge < -0.3 is 20.1 Å². The second-order valence-corrected chi connectivity index (χ2v) is 6.02. The van der Waals surface area contributed by atoms with E-state index in [1.54, 1.807) is 66.9 Å². The lowest BCUT2D eigenvalue weighted by Gasteiger charge is -2.10. The van der Waals surface area contributed by atoms with Gasteiger partial charge in [-0.25, -0.2) is 0 Å². The van der Waals surface area contributed by atoms with Crippen LogP contribution in [0.5, 0.6) is 11.5 Å². The average molecular weight is 391 g/mol. The van der Waals surface area contributed by atoms with Crippen molar-refractivity contribution in [1.29, 1.82) is 0 Å². The van der Waals surface area contributed by atoms with Crippen molar-refractivity contribution in [1.82, 2.24) is 4.98 Å². The maximum atomic E-state index is 12.2. The number of pyridine rings is 1. The van der Waals surface area contributed by atoms with Crippen LogP contribution in [0.3, 0.4) is 0 Å². The van der Waals surface area contributed by atoms with Crippen molar-refractivity contribution in [2.24, 2.45) is 0 Å². The number of carbonyl (C=O) groups excluding carboxylic acids is 2. The van der Waals surface area contributed by atoms with Crippen molar-refractivity contribution < 1.29 is 19.1 Å². The maximum Gasteiger partial charge on any atom is 0.262 e. The summed E-state index contributed by atoms with van der Waals surface area (Å²) in [6.45, 7) is 2.36.